The number of carbonyl (C=O) groups excluding carboxylic acids is 1. The van der Waals surface area contributed by atoms with Crippen LogP contribution in [0.1, 0.15) is 24.5 Å². The third kappa shape index (κ3) is 3.60. The third-order valence-corrected chi connectivity index (χ3v) is 5.43. The molecule has 1 heterocycles. The second-order valence-corrected chi connectivity index (χ2v) is 7.39. The van der Waals surface area contributed by atoms with Crippen molar-refractivity contribution in [3.8, 4) is 0 Å². The normalized spacial score (nSPS) is 19.2. The molecular weight excluding hydrogens is 319 g/mol. The maximum Gasteiger partial charge on any atom is 0.416 e. The van der Waals surface area contributed by atoms with E-state index in [1.807, 2.05) is 0 Å². The zero-order valence-corrected chi connectivity index (χ0v) is 12.7. The first-order valence-corrected chi connectivity index (χ1v) is 8.42. The van der Waals surface area contributed by atoms with Gasteiger partial charge in [0.15, 0.2) is 0 Å². The van der Waals surface area contributed by atoms with Crippen molar-refractivity contribution >= 4 is 15.9 Å². The summed E-state index contributed by atoms with van der Waals surface area (Å²) in [5.41, 5.74) is -0.192. The van der Waals surface area contributed by atoms with Crippen molar-refractivity contribution in [2.45, 2.75) is 25.9 Å². The number of hydrogen-bond donors (Lipinski definition) is 0. The Morgan fingerprint density at radius 1 is 1.27 bits per heavy atom. The summed E-state index contributed by atoms with van der Waals surface area (Å²) in [5.74, 6) is -1.15. The molecule has 8 heteroatoms. The van der Waals surface area contributed by atoms with E-state index < -0.39 is 33.6 Å². The van der Waals surface area contributed by atoms with Gasteiger partial charge < -0.3 is 0 Å². The fourth-order valence-electron chi connectivity index (χ4n) is 2.40. The van der Waals surface area contributed by atoms with Gasteiger partial charge in [-0.1, -0.05) is 19.1 Å². The number of alkyl halides is 3. The van der Waals surface area contributed by atoms with Crippen molar-refractivity contribution in [1.29, 1.82) is 0 Å². The molecule has 122 valence electrons. The van der Waals surface area contributed by atoms with Crippen molar-refractivity contribution < 1.29 is 26.4 Å². The van der Waals surface area contributed by atoms with Crippen LogP contribution in [-0.4, -0.2) is 30.9 Å². The van der Waals surface area contributed by atoms with Crippen LogP contribution in [0.25, 0.3) is 0 Å². The molecule has 0 aromatic heterocycles. The van der Waals surface area contributed by atoms with Crippen molar-refractivity contribution in [2.75, 3.05) is 12.3 Å². The van der Waals surface area contributed by atoms with Gasteiger partial charge in [-0.05, 0) is 30.5 Å². The van der Waals surface area contributed by atoms with E-state index in [1.165, 1.54) is 12.1 Å². The van der Waals surface area contributed by atoms with Gasteiger partial charge >= 0.3 is 6.18 Å². The predicted molar refractivity (Wildman–Crippen MR) is 74.4 cm³/mol. The average molecular weight is 335 g/mol. The smallest absolute Gasteiger partial charge is 0.273 e. The van der Waals surface area contributed by atoms with Gasteiger partial charge in [-0.15, -0.1) is 0 Å². The summed E-state index contributed by atoms with van der Waals surface area (Å²) in [6, 6.07) is 4.54. The number of rotatable bonds is 3. The molecule has 1 aromatic rings. The highest BCUT2D eigenvalue weighted by Crippen LogP contribution is 2.29. The van der Waals surface area contributed by atoms with Crippen LogP contribution >= 0.6 is 0 Å². The summed E-state index contributed by atoms with van der Waals surface area (Å²) in [4.78, 5) is 12.2. The quantitative estimate of drug-likeness (QED) is 0.852. The average Bonchev–Trinajstić information content (AvgIpc) is 2.77. The van der Waals surface area contributed by atoms with Gasteiger partial charge in [0.2, 0.25) is 15.9 Å². The van der Waals surface area contributed by atoms with Crippen LogP contribution in [0.3, 0.4) is 0 Å². The van der Waals surface area contributed by atoms with E-state index in [4.69, 9.17) is 0 Å². The molecule has 0 bridgehead atoms. The highest BCUT2D eigenvalue weighted by Gasteiger charge is 2.35. The van der Waals surface area contributed by atoms with Gasteiger partial charge in [0.1, 0.15) is 0 Å². The summed E-state index contributed by atoms with van der Waals surface area (Å²) >= 11 is 0. The molecule has 1 aromatic carbocycles. The Labute approximate surface area is 127 Å². The fraction of sp³-hybridized carbons (Fsp3) is 0.500. The van der Waals surface area contributed by atoms with Gasteiger partial charge in [0, 0.05) is 12.5 Å². The molecule has 1 fully saturated rings. The molecule has 4 nitrogen and oxygen atoms in total. The van der Waals surface area contributed by atoms with Crippen LogP contribution < -0.4 is 0 Å². The van der Waals surface area contributed by atoms with Gasteiger partial charge in [-0.25, -0.2) is 12.7 Å². The highest BCUT2D eigenvalue weighted by molar-refractivity contribution is 7.89. The van der Waals surface area contributed by atoms with E-state index in [2.05, 4.69) is 0 Å². The van der Waals surface area contributed by atoms with Crippen LogP contribution in [0.5, 0.6) is 0 Å². The fourth-order valence-corrected chi connectivity index (χ4v) is 3.98. The minimum atomic E-state index is -4.40. The standard InChI is InChI=1S/C14H16F3NO3S/c1-10(13(19)18-7-2-8-22(18,20)21)9-11-3-5-12(6-4-11)14(15,16)17/h3-6,10H,2,7-9H2,1H3. The lowest BCUT2D eigenvalue weighted by atomic mass is 9.99. The molecule has 1 aliphatic rings. The molecule has 0 saturated carbocycles. The van der Waals surface area contributed by atoms with E-state index >= 15 is 0 Å². The van der Waals surface area contributed by atoms with Crippen LogP contribution in [0.4, 0.5) is 13.2 Å². The first-order chi connectivity index (χ1) is 10.1. The Morgan fingerprint density at radius 2 is 1.86 bits per heavy atom. The van der Waals surface area contributed by atoms with Crippen molar-refractivity contribution in [3.63, 3.8) is 0 Å². The summed E-state index contributed by atoms with van der Waals surface area (Å²) in [6.45, 7) is 1.76. The van der Waals surface area contributed by atoms with Crippen molar-refractivity contribution in [1.82, 2.24) is 4.31 Å². The maximum absolute atomic E-state index is 12.5. The molecule has 0 aliphatic carbocycles. The summed E-state index contributed by atoms with van der Waals surface area (Å²) in [5, 5.41) is 0. The number of hydrogen-bond acceptors (Lipinski definition) is 3. The van der Waals surface area contributed by atoms with Crippen LogP contribution in [-0.2, 0) is 27.4 Å². The van der Waals surface area contributed by atoms with E-state index in [-0.39, 0.29) is 18.7 Å². The molecular formula is C14H16F3NO3S. The molecule has 1 aliphatic heterocycles. The minimum absolute atomic E-state index is 0.0360. The van der Waals surface area contributed by atoms with Gasteiger partial charge in [0.05, 0.1) is 11.3 Å². The first kappa shape index (κ1) is 16.8. The zero-order valence-electron chi connectivity index (χ0n) is 11.9. The molecule has 0 radical (unpaired) electrons. The Morgan fingerprint density at radius 3 is 2.32 bits per heavy atom. The number of amides is 1. The Balaban J connectivity index is 2.06. The predicted octanol–water partition coefficient (Wildman–Crippen LogP) is 2.45. The lowest BCUT2D eigenvalue weighted by molar-refractivity contribution is -0.137. The lowest BCUT2D eigenvalue weighted by Crippen LogP contribution is -2.37. The van der Waals surface area contributed by atoms with Crippen LogP contribution in [0.2, 0.25) is 0 Å². The van der Waals surface area contributed by atoms with Gasteiger partial charge in [-0.2, -0.15) is 13.2 Å². The van der Waals surface area contributed by atoms with Gasteiger partial charge in [-0.3, -0.25) is 4.79 Å². The molecule has 1 saturated heterocycles. The number of carbonyl (C=O) groups is 1. The molecule has 1 unspecified atom stereocenters. The van der Waals surface area contributed by atoms with E-state index in [0.29, 0.717) is 12.0 Å². The largest absolute Gasteiger partial charge is 0.416 e. The minimum Gasteiger partial charge on any atom is -0.273 e. The molecule has 0 N–H and O–H groups in total. The number of sulfonamides is 1. The molecule has 0 spiro atoms. The lowest BCUT2D eigenvalue weighted by Gasteiger charge is -2.19. The molecule has 1 atom stereocenters. The van der Waals surface area contributed by atoms with E-state index in [0.717, 1.165) is 16.4 Å². The van der Waals surface area contributed by atoms with Crippen LogP contribution in [0, 0.1) is 5.92 Å². The molecule has 2 rings (SSSR count). The Hall–Kier alpha value is -1.57. The van der Waals surface area contributed by atoms with E-state index in [9.17, 15) is 26.4 Å². The van der Waals surface area contributed by atoms with Crippen LogP contribution in [0.15, 0.2) is 24.3 Å². The summed E-state index contributed by atoms with van der Waals surface area (Å²) < 4.78 is 61.7. The monoisotopic (exact) mass is 335 g/mol. The molecule has 1 amide bonds. The van der Waals surface area contributed by atoms with Gasteiger partial charge in [0.25, 0.3) is 0 Å². The number of nitrogens with zero attached hydrogens (tertiary/aromatic N) is 1. The highest BCUT2D eigenvalue weighted by atomic mass is 32.2. The maximum atomic E-state index is 12.5. The second kappa shape index (κ2) is 5.91. The summed E-state index contributed by atoms with van der Waals surface area (Å²) in [7, 11) is -3.51. The SMILES string of the molecule is CC(Cc1ccc(C(F)(F)F)cc1)C(=O)N1CCCS1(=O)=O. The Kier molecular flexibility index (Phi) is 4.51. The topological polar surface area (TPSA) is 54.5 Å². The Bertz CT molecular complexity index is 653. The first-order valence-electron chi connectivity index (χ1n) is 6.81. The van der Waals surface area contributed by atoms with Crippen molar-refractivity contribution in [2.24, 2.45) is 5.92 Å². The third-order valence-electron chi connectivity index (χ3n) is 3.59. The summed E-state index contributed by atoms with van der Waals surface area (Å²) in [6.07, 6.45) is -3.78. The van der Waals surface area contributed by atoms with Crippen molar-refractivity contribution in [3.05, 3.63) is 35.4 Å². The number of halogens is 3. The van der Waals surface area contributed by atoms with E-state index in [1.54, 1.807) is 6.92 Å². The second-order valence-electron chi connectivity index (χ2n) is 5.38. The zero-order chi connectivity index (χ0) is 16.5. The number of benzene rings is 1. The molecule has 22 heavy (non-hydrogen) atoms.